The van der Waals surface area contributed by atoms with E-state index in [1.807, 2.05) is 0 Å². The van der Waals surface area contributed by atoms with Gasteiger partial charge in [0, 0.05) is 20.1 Å². The smallest absolute Gasteiger partial charge is 0.206 e. The van der Waals surface area contributed by atoms with E-state index in [9.17, 15) is 0 Å². The van der Waals surface area contributed by atoms with Crippen LogP contribution in [0.2, 0.25) is 0 Å². The number of methoxy groups -OCH3 is 1. The Hall–Kier alpha value is -1.21. The van der Waals surface area contributed by atoms with Crippen LogP contribution < -0.4 is 4.74 Å². The molecule has 0 spiro atoms. The molecule has 0 aliphatic carbocycles. The van der Waals surface area contributed by atoms with E-state index in [2.05, 4.69) is 31.1 Å². The van der Waals surface area contributed by atoms with Gasteiger partial charge in [0.25, 0.3) is 0 Å². The normalized spacial score (nSPS) is 10.9. The molecule has 0 atom stereocenters. The third kappa shape index (κ3) is 2.30. The van der Waals surface area contributed by atoms with E-state index in [0.29, 0.717) is 29.3 Å². The van der Waals surface area contributed by atoms with E-state index in [1.165, 1.54) is 0 Å². The average Bonchev–Trinajstić information content (AvgIpc) is 2.77. The van der Waals surface area contributed by atoms with Crippen LogP contribution in [0.3, 0.4) is 0 Å². The highest BCUT2D eigenvalue weighted by atomic mass is 79.9. The summed E-state index contributed by atoms with van der Waals surface area (Å²) in [4.78, 5) is 4.12. The van der Waals surface area contributed by atoms with Crippen molar-refractivity contribution in [3.63, 3.8) is 0 Å². The lowest BCUT2D eigenvalue weighted by Gasteiger charge is -2.06. The summed E-state index contributed by atoms with van der Waals surface area (Å²) in [6.07, 6.45) is 4.03. The molecule has 0 bridgehead atoms. The third-order valence-electron chi connectivity index (χ3n) is 2.01. The van der Waals surface area contributed by atoms with Crippen LogP contribution in [-0.4, -0.2) is 39.9 Å². The number of nitrogens with zero attached hydrogens (tertiary/aromatic N) is 4. The fourth-order valence-corrected chi connectivity index (χ4v) is 1.62. The van der Waals surface area contributed by atoms with Crippen molar-refractivity contribution in [1.29, 1.82) is 0 Å². The van der Waals surface area contributed by atoms with Gasteiger partial charge in [0.2, 0.25) is 5.65 Å². The summed E-state index contributed by atoms with van der Waals surface area (Å²) in [5, 5.41) is 7.77. The predicted octanol–water partition coefficient (Wildman–Crippen LogP) is 1.30. The molecule has 0 N–H and O–H groups in total. The molecule has 2 heterocycles. The van der Waals surface area contributed by atoms with Gasteiger partial charge in [-0.1, -0.05) is 0 Å². The first-order valence-corrected chi connectivity index (χ1v) is 5.58. The Bertz CT molecular complexity index is 473. The largest absolute Gasteiger partial charge is 0.488 e. The molecule has 16 heavy (non-hydrogen) atoms. The van der Waals surface area contributed by atoms with Crippen LogP contribution >= 0.6 is 15.9 Å². The van der Waals surface area contributed by atoms with E-state index < -0.39 is 0 Å². The second kappa shape index (κ2) is 5.22. The van der Waals surface area contributed by atoms with E-state index >= 15 is 0 Å². The summed E-state index contributed by atoms with van der Waals surface area (Å²) in [6.45, 7) is 1.24. The van der Waals surface area contributed by atoms with E-state index in [1.54, 1.807) is 24.0 Å². The molecular formula is C9H11BrN4O2. The zero-order valence-corrected chi connectivity index (χ0v) is 10.3. The maximum atomic E-state index is 5.55. The number of hydrogen-bond acceptors (Lipinski definition) is 5. The fourth-order valence-electron chi connectivity index (χ4n) is 1.26. The topological polar surface area (TPSA) is 61.5 Å². The molecule has 2 aromatic rings. The van der Waals surface area contributed by atoms with Gasteiger partial charge in [-0.25, -0.2) is 4.98 Å². The molecule has 0 saturated heterocycles. The molecular weight excluding hydrogens is 276 g/mol. The molecule has 86 valence electrons. The Labute approximate surface area is 101 Å². The molecule has 0 radical (unpaired) electrons. The molecule has 0 unspecified atom stereocenters. The van der Waals surface area contributed by atoms with Crippen LogP contribution in [0.1, 0.15) is 6.42 Å². The molecule has 0 fully saturated rings. The Balaban J connectivity index is 2.12. The summed E-state index contributed by atoms with van der Waals surface area (Å²) in [5.41, 5.74) is 0.652. The molecule has 0 aliphatic heterocycles. The lowest BCUT2D eigenvalue weighted by Crippen LogP contribution is -2.03. The van der Waals surface area contributed by atoms with Crippen LogP contribution in [0.15, 0.2) is 17.3 Å². The van der Waals surface area contributed by atoms with Gasteiger partial charge in [-0.3, -0.25) is 4.40 Å². The first-order chi connectivity index (χ1) is 7.83. The van der Waals surface area contributed by atoms with Gasteiger partial charge in [0.15, 0.2) is 10.5 Å². The number of halogens is 1. The van der Waals surface area contributed by atoms with Crippen molar-refractivity contribution >= 4 is 21.6 Å². The average molecular weight is 287 g/mol. The van der Waals surface area contributed by atoms with Crippen LogP contribution in [0.25, 0.3) is 5.65 Å². The van der Waals surface area contributed by atoms with Gasteiger partial charge in [-0.2, -0.15) is 0 Å². The second-order valence-corrected chi connectivity index (χ2v) is 3.82. The number of hydrogen-bond donors (Lipinski definition) is 0. The van der Waals surface area contributed by atoms with Crippen molar-refractivity contribution in [2.24, 2.45) is 0 Å². The molecule has 0 aromatic carbocycles. The number of aromatic nitrogens is 4. The fraction of sp³-hybridized carbons (Fsp3) is 0.444. The summed E-state index contributed by atoms with van der Waals surface area (Å²) < 4.78 is 12.8. The molecule has 2 rings (SSSR count). The number of fused-ring (bicyclic) bond motifs is 1. The van der Waals surface area contributed by atoms with Crippen molar-refractivity contribution in [2.75, 3.05) is 20.3 Å². The van der Waals surface area contributed by atoms with Crippen molar-refractivity contribution in [2.45, 2.75) is 6.42 Å². The van der Waals surface area contributed by atoms with Crippen LogP contribution in [-0.2, 0) is 4.74 Å². The highest BCUT2D eigenvalue weighted by Crippen LogP contribution is 2.19. The lowest BCUT2D eigenvalue weighted by atomic mass is 10.5. The highest BCUT2D eigenvalue weighted by molar-refractivity contribution is 9.10. The van der Waals surface area contributed by atoms with Gasteiger partial charge in [-0.05, 0) is 15.9 Å². The minimum atomic E-state index is 0.569. The molecule has 0 aliphatic rings. The van der Waals surface area contributed by atoms with Gasteiger partial charge >= 0.3 is 0 Å². The summed E-state index contributed by atoms with van der Waals surface area (Å²) >= 11 is 3.30. The quantitative estimate of drug-likeness (QED) is 0.613. The predicted molar refractivity (Wildman–Crippen MR) is 60.5 cm³/mol. The van der Waals surface area contributed by atoms with E-state index in [-0.39, 0.29) is 0 Å². The van der Waals surface area contributed by atoms with Crippen molar-refractivity contribution in [3.05, 3.63) is 17.3 Å². The molecule has 0 amide bonds. The Morgan fingerprint density at radius 2 is 2.31 bits per heavy atom. The van der Waals surface area contributed by atoms with Gasteiger partial charge in [0.1, 0.15) is 6.33 Å². The molecule has 2 aromatic heterocycles. The van der Waals surface area contributed by atoms with Crippen molar-refractivity contribution in [3.8, 4) is 5.75 Å². The maximum Gasteiger partial charge on any atom is 0.206 e. The SMILES string of the molecule is COCCCOc1cnc(Br)n2cnnc12. The third-order valence-corrected chi connectivity index (χ3v) is 2.59. The Kier molecular flexibility index (Phi) is 3.68. The van der Waals surface area contributed by atoms with Crippen LogP contribution in [0.4, 0.5) is 0 Å². The van der Waals surface area contributed by atoms with Crippen molar-refractivity contribution in [1.82, 2.24) is 19.6 Å². The second-order valence-electron chi connectivity index (χ2n) is 3.11. The summed E-state index contributed by atoms with van der Waals surface area (Å²) in [7, 11) is 1.66. The molecule has 6 nitrogen and oxygen atoms in total. The lowest BCUT2D eigenvalue weighted by molar-refractivity contribution is 0.172. The minimum Gasteiger partial charge on any atom is -0.488 e. The summed E-state index contributed by atoms with van der Waals surface area (Å²) in [5.74, 6) is 0.622. The number of ether oxygens (including phenoxy) is 2. The highest BCUT2D eigenvalue weighted by Gasteiger charge is 2.08. The first kappa shape index (κ1) is 11.3. The van der Waals surface area contributed by atoms with Crippen LogP contribution in [0, 0.1) is 0 Å². The minimum absolute atomic E-state index is 0.569. The van der Waals surface area contributed by atoms with Crippen LogP contribution in [0.5, 0.6) is 5.75 Å². The maximum absolute atomic E-state index is 5.55. The zero-order valence-electron chi connectivity index (χ0n) is 8.76. The Morgan fingerprint density at radius 1 is 1.44 bits per heavy atom. The van der Waals surface area contributed by atoms with Crippen molar-refractivity contribution < 1.29 is 9.47 Å². The standard InChI is InChI=1S/C9H11BrN4O2/c1-15-3-2-4-16-7-5-11-9(10)14-6-12-13-8(7)14/h5-6H,2-4H2,1H3. The Morgan fingerprint density at radius 3 is 3.12 bits per heavy atom. The van der Waals surface area contributed by atoms with Gasteiger partial charge < -0.3 is 9.47 Å². The number of rotatable bonds is 5. The first-order valence-electron chi connectivity index (χ1n) is 4.79. The molecule has 7 heteroatoms. The molecule has 0 saturated carbocycles. The van der Waals surface area contributed by atoms with E-state index in [0.717, 1.165) is 6.42 Å². The van der Waals surface area contributed by atoms with Gasteiger partial charge in [-0.15, -0.1) is 10.2 Å². The monoisotopic (exact) mass is 286 g/mol. The zero-order chi connectivity index (χ0) is 11.4. The van der Waals surface area contributed by atoms with E-state index in [4.69, 9.17) is 9.47 Å². The van der Waals surface area contributed by atoms with Gasteiger partial charge in [0.05, 0.1) is 12.8 Å². The summed E-state index contributed by atoms with van der Waals surface area (Å²) in [6, 6.07) is 0.